The van der Waals surface area contributed by atoms with E-state index in [2.05, 4.69) is 11.9 Å². The second kappa shape index (κ2) is 11.9. The molecule has 170 valence electrons. The molecule has 1 N–H and O–H groups in total. The Morgan fingerprint density at radius 3 is 2.65 bits per heavy atom. The van der Waals surface area contributed by atoms with Crippen molar-refractivity contribution in [1.29, 1.82) is 0 Å². The van der Waals surface area contributed by atoms with E-state index < -0.39 is 16.0 Å². The predicted octanol–water partition coefficient (Wildman–Crippen LogP) is 4.32. The van der Waals surface area contributed by atoms with Crippen LogP contribution in [0.2, 0.25) is 0 Å². The van der Waals surface area contributed by atoms with Crippen molar-refractivity contribution in [3.05, 3.63) is 49.8 Å². The molecule has 10 nitrogen and oxygen atoms in total. The highest BCUT2D eigenvalue weighted by atomic mass is 35.5. The van der Waals surface area contributed by atoms with Crippen molar-refractivity contribution in [1.82, 2.24) is 9.55 Å². The lowest BCUT2D eigenvalue weighted by molar-refractivity contribution is -0.392. The van der Waals surface area contributed by atoms with E-state index in [4.69, 9.17) is 16.3 Å². The summed E-state index contributed by atoms with van der Waals surface area (Å²) in [7, 11) is 0. The van der Waals surface area contributed by atoms with Crippen molar-refractivity contribution < 1.29 is 19.7 Å². The number of nitro groups is 2. The van der Waals surface area contributed by atoms with Crippen molar-refractivity contribution >= 4 is 34.9 Å². The van der Waals surface area contributed by atoms with Crippen molar-refractivity contribution in [2.24, 2.45) is 0 Å². The number of rotatable bonds is 13. The maximum atomic E-state index is 11.5. The summed E-state index contributed by atoms with van der Waals surface area (Å²) in [6.07, 6.45) is 1.97. The van der Waals surface area contributed by atoms with E-state index in [1.807, 2.05) is 0 Å². The van der Waals surface area contributed by atoms with Gasteiger partial charge in [0.25, 0.3) is 0 Å². The molecule has 1 heterocycles. The zero-order chi connectivity index (χ0) is 23.0. The molecule has 2 rings (SSSR count). The first-order chi connectivity index (χ1) is 14.8. The number of hydrogen-bond acceptors (Lipinski definition) is 8. The van der Waals surface area contributed by atoms with Gasteiger partial charge in [-0.2, -0.15) is 0 Å². The van der Waals surface area contributed by atoms with Gasteiger partial charge >= 0.3 is 11.5 Å². The number of hydrogen-bond donors (Lipinski definition) is 1. The number of nitrogens with zero attached hydrogens (tertiary/aromatic N) is 4. The quantitative estimate of drug-likeness (QED) is 0.150. The molecule has 0 aliphatic carbocycles. The minimum absolute atomic E-state index is 0.000169. The van der Waals surface area contributed by atoms with E-state index in [1.165, 1.54) is 6.07 Å². The molecular formula is C19H25ClN4O6S. The molecule has 0 bridgehead atoms. The van der Waals surface area contributed by atoms with E-state index in [0.717, 1.165) is 31.0 Å². The van der Waals surface area contributed by atoms with Crippen molar-refractivity contribution in [2.75, 3.05) is 18.2 Å². The van der Waals surface area contributed by atoms with Crippen LogP contribution >= 0.6 is 23.4 Å². The number of unbranched alkanes of at least 4 members (excludes halogenated alkanes) is 2. The third kappa shape index (κ3) is 6.81. The van der Waals surface area contributed by atoms with Gasteiger partial charge in [0.2, 0.25) is 5.82 Å². The Hall–Kier alpha value is -2.37. The van der Waals surface area contributed by atoms with E-state index in [9.17, 15) is 25.3 Å². The second-order valence-electron chi connectivity index (χ2n) is 6.86. The van der Waals surface area contributed by atoms with Crippen LogP contribution in [0, 0.1) is 27.2 Å². The number of halogens is 1. The Bertz CT molecular complexity index is 923. The van der Waals surface area contributed by atoms with E-state index in [1.54, 1.807) is 23.6 Å². The summed E-state index contributed by atoms with van der Waals surface area (Å²) in [6, 6.07) is 4.64. The highest BCUT2D eigenvalue weighted by molar-refractivity contribution is 7.99. The molecule has 0 amide bonds. The van der Waals surface area contributed by atoms with Crippen LogP contribution < -0.4 is 4.74 Å². The molecule has 0 aliphatic heterocycles. The third-order valence-corrected chi connectivity index (χ3v) is 6.01. The summed E-state index contributed by atoms with van der Waals surface area (Å²) >= 11 is 6.69. The topological polar surface area (TPSA) is 134 Å². The normalized spacial score (nSPS) is 12.0. The number of ether oxygens (including phenoxy) is 1. The molecule has 0 saturated carbocycles. The van der Waals surface area contributed by atoms with Crippen LogP contribution in [0.3, 0.4) is 0 Å². The summed E-state index contributed by atoms with van der Waals surface area (Å²) in [5, 5.41) is 32.9. The van der Waals surface area contributed by atoms with Crippen LogP contribution in [0.25, 0.3) is 0 Å². The standard InChI is InChI=1S/C19H25ClN4O6S/c1-3-4-5-8-30-17-7-6-14(9-16(17)23(26)27)11-22-13(2)21-18(24(28)29)19(22)31-12-15(25)10-20/h6-7,9,15,25H,3-5,8,10-12H2,1-2H3. The van der Waals surface area contributed by atoms with Crippen LogP contribution in [-0.4, -0.2) is 48.8 Å². The first-order valence-corrected chi connectivity index (χ1v) is 11.3. The molecule has 1 unspecified atom stereocenters. The van der Waals surface area contributed by atoms with Gasteiger partial charge < -0.3 is 20.0 Å². The largest absolute Gasteiger partial charge is 0.487 e. The molecule has 0 saturated heterocycles. The number of thioether (sulfide) groups is 1. The van der Waals surface area contributed by atoms with Gasteiger partial charge in [-0.1, -0.05) is 37.6 Å². The highest BCUT2D eigenvalue weighted by Gasteiger charge is 2.27. The van der Waals surface area contributed by atoms with E-state index in [0.29, 0.717) is 18.0 Å². The lowest BCUT2D eigenvalue weighted by Crippen LogP contribution is -2.12. The Labute approximate surface area is 188 Å². The maximum absolute atomic E-state index is 11.5. The summed E-state index contributed by atoms with van der Waals surface area (Å²) < 4.78 is 7.17. The van der Waals surface area contributed by atoms with E-state index >= 15 is 0 Å². The van der Waals surface area contributed by atoms with Crippen LogP contribution in [0.5, 0.6) is 5.75 Å². The first kappa shape index (κ1) is 24.9. The highest BCUT2D eigenvalue weighted by Crippen LogP contribution is 2.33. The first-order valence-electron chi connectivity index (χ1n) is 9.76. The fourth-order valence-electron chi connectivity index (χ4n) is 2.84. The summed E-state index contributed by atoms with van der Waals surface area (Å²) in [5.41, 5.74) is 0.413. The molecule has 12 heteroatoms. The molecule has 0 radical (unpaired) electrons. The molecule has 0 fully saturated rings. The fourth-order valence-corrected chi connectivity index (χ4v) is 4.15. The Kier molecular flexibility index (Phi) is 9.53. The number of aryl methyl sites for hydroxylation is 1. The van der Waals surface area contributed by atoms with Gasteiger partial charge in [-0.05, 0) is 28.0 Å². The Morgan fingerprint density at radius 2 is 2.03 bits per heavy atom. The SMILES string of the molecule is CCCCCOc1ccc(Cn2c(C)nc([N+](=O)[O-])c2SCC(O)CCl)cc1[N+](=O)[O-]. The minimum Gasteiger partial charge on any atom is -0.487 e. The van der Waals surface area contributed by atoms with Gasteiger partial charge in [0.1, 0.15) is 0 Å². The minimum atomic E-state index is -0.833. The van der Waals surface area contributed by atoms with Gasteiger partial charge in [-0.25, -0.2) is 0 Å². The average Bonchev–Trinajstić information content (AvgIpc) is 3.05. The van der Waals surface area contributed by atoms with Crippen LogP contribution in [0.4, 0.5) is 11.5 Å². The monoisotopic (exact) mass is 472 g/mol. The molecule has 0 aliphatic rings. The van der Waals surface area contributed by atoms with Gasteiger partial charge in [0.15, 0.2) is 10.8 Å². The lowest BCUT2D eigenvalue weighted by Gasteiger charge is -2.11. The number of aliphatic hydroxyl groups excluding tert-OH is 1. The van der Waals surface area contributed by atoms with Gasteiger partial charge in [-0.3, -0.25) is 14.7 Å². The van der Waals surface area contributed by atoms with Gasteiger partial charge in [0.05, 0.1) is 24.2 Å². The van der Waals surface area contributed by atoms with Crippen LogP contribution in [0.1, 0.15) is 37.6 Å². The fraction of sp³-hybridized carbons (Fsp3) is 0.526. The molecule has 1 aromatic carbocycles. The zero-order valence-electron chi connectivity index (χ0n) is 17.3. The predicted molar refractivity (Wildman–Crippen MR) is 118 cm³/mol. The summed E-state index contributed by atoms with van der Waals surface area (Å²) in [5.74, 6) is 0.407. The number of imidazole rings is 1. The Balaban J connectivity index is 2.31. The van der Waals surface area contributed by atoms with E-state index in [-0.39, 0.29) is 40.5 Å². The number of alkyl halides is 1. The molecule has 0 spiro atoms. The third-order valence-electron chi connectivity index (χ3n) is 4.42. The van der Waals surface area contributed by atoms with Crippen molar-refractivity contribution in [3.8, 4) is 5.75 Å². The molecule has 2 aromatic rings. The van der Waals surface area contributed by atoms with Gasteiger partial charge in [-0.15, -0.1) is 11.6 Å². The van der Waals surface area contributed by atoms with Crippen LogP contribution in [0.15, 0.2) is 23.2 Å². The smallest absolute Gasteiger partial charge is 0.396 e. The van der Waals surface area contributed by atoms with Crippen molar-refractivity contribution in [2.45, 2.75) is 50.8 Å². The summed E-state index contributed by atoms with van der Waals surface area (Å²) in [4.78, 5) is 25.9. The lowest BCUT2D eigenvalue weighted by atomic mass is 10.2. The second-order valence-corrected chi connectivity index (χ2v) is 8.18. The van der Waals surface area contributed by atoms with Crippen molar-refractivity contribution in [3.63, 3.8) is 0 Å². The molecular weight excluding hydrogens is 448 g/mol. The molecule has 1 aromatic heterocycles. The Morgan fingerprint density at radius 1 is 1.29 bits per heavy atom. The average molecular weight is 473 g/mol. The maximum Gasteiger partial charge on any atom is 0.396 e. The molecule has 1 atom stereocenters. The number of aromatic nitrogens is 2. The summed E-state index contributed by atoms with van der Waals surface area (Å²) in [6.45, 7) is 4.21. The van der Waals surface area contributed by atoms with Gasteiger partial charge in [0, 0.05) is 24.6 Å². The number of nitro benzene ring substituents is 1. The number of aliphatic hydroxyl groups is 1. The molecule has 31 heavy (non-hydrogen) atoms. The van der Waals surface area contributed by atoms with Crippen LogP contribution in [-0.2, 0) is 6.54 Å². The zero-order valence-corrected chi connectivity index (χ0v) is 18.9. The number of benzene rings is 1.